The minimum Gasteiger partial charge on any atom is -0.481 e. The summed E-state index contributed by atoms with van der Waals surface area (Å²) in [5.41, 5.74) is 1.46. The number of carboxylic acid groups (broad SMARTS) is 1. The number of benzene rings is 1. The second-order valence-electron chi connectivity index (χ2n) is 4.15. The van der Waals surface area contributed by atoms with Crippen LogP contribution in [0.1, 0.15) is 11.1 Å². The summed E-state index contributed by atoms with van der Waals surface area (Å²) in [5.74, 6) is -1.00. The maximum atomic E-state index is 10.6. The molecule has 1 N–H and O–H groups in total. The van der Waals surface area contributed by atoms with Crippen molar-refractivity contribution in [2.24, 2.45) is 5.92 Å². The summed E-state index contributed by atoms with van der Waals surface area (Å²) < 4.78 is 0. The zero-order valence-electron chi connectivity index (χ0n) is 9.06. The normalized spacial score (nSPS) is 16.2. The highest BCUT2D eigenvalue weighted by atomic mass is 35.5. The number of aliphatic carboxylic acids is 1. The van der Waals surface area contributed by atoms with Gasteiger partial charge in [-0.2, -0.15) is 5.26 Å². The van der Waals surface area contributed by atoms with Gasteiger partial charge in [-0.15, -0.1) is 0 Å². The first-order valence-corrected chi connectivity index (χ1v) is 5.61. The Labute approximate surface area is 104 Å². The second-order valence-corrected chi connectivity index (χ2v) is 4.55. The molecule has 0 bridgehead atoms. The van der Waals surface area contributed by atoms with E-state index in [4.69, 9.17) is 22.0 Å². The Bertz CT molecular complexity index is 490. The number of likely N-dealkylation sites (tertiary alicyclic amines) is 1. The van der Waals surface area contributed by atoms with Gasteiger partial charge in [0, 0.05) is 24.7 Å². The molecule has 0 spiro atoms. The summed E-state index contributed by atoms with van der Waals surface area (Å²) >= 11 is 6.04. The van der Waals surface area contributed by atoms with Gasteiger partial charge in [0.15, 0.2) is 0 Å². The van der Waals surface area contributed by atoms with Crippen LogP contribution in [0.15, 0.2) is 18.2 Å². The van der Waals surface area contributed by atoms with Crippen molar-refractivity contribution in [1.29, 1.82) is 5.26 Å². The largest absolute Gasteiger partial charge is 0.481 e. The molecule has 0 radical (unpaired) electrons. The first kappa shape index (κ1) is 11.9. The van der Waals surface area contributed by atoms with Gasteiger partial charge in [0.2, 0.25) is 0 Å². The molecule has 0 saturated carbocycles. The van der Waals surface area contributed by atoms with E-state index < -0.39 is 5.97 Å². The number of rotatable bonds is 3. The maximum absolute atomic E-state index is 10.6. The van der Waals surface area contributed by atoms with Crippen molar-refractivity contribution in [2.45, 2.75) is 6.54 Å². The number of carbonyl (C=O) groups is 1. The van der Waals surface area contributed by atoms with E-state index in [-0.39, 0.29) is 5.92 Å². The third-order valence-electron chi connectivity index (χ3n) is 2.88. The van der Waals surface area contributed by atoms with E-state index in [2.05, 4.69) is 0 Å². The Kier molecular flexibility index (Phi) is 3.32. The molecule has 1 aromatic carbocycles. The Morgan fingerprint density at radius 2 is 2.29 bits per heavy atom. The van der Waals surface area contributed by atoms with Crippen molar-refractivity contribution in [3.05, 3.63) is 34.3 Å². The Morgan fingerprint density at radius 3 is 2.82 bits per heavy atom. The highest BCUT2D eigenvalue weighted by Gasteiger charge is 2.32. The molecule has 1 heterocycles. The summed E-state index contributed by atoms with van der Waals surface area (Å²) in [6.45, 7) is 1.76. The molecule has 1 aliphatic heterocycles. The van der Waals surface area contributed by atoms with Crippen LogP contribution in [-0.2, 0) is 11.3 Å². The molecule has 0 aromatic heterocycles. The maximum Gasteiger partial charge on any atom is 0.309 e. The molecule has 1 saturated heterocycles. The van der Waals surface area contributed by atoms with Gasteiger partial charge in [0.05, 0.1) is 17.6 Å². The number of nitriles is 1. The highest BCUT2D eigenvalue weighted by Crippen LogP contribution is 2.23. The molecule has 1 fully saturated rings. The fraction of sp³-hybridized carbons (Fsp3) is 0.333. The molecule has 0 amide bonds. The van der Waals surface area contributed by atoms with E-state index in [1.807, 2.05) is 17.0 Å². The lowest BCUT2D eigenvalue weighted by atomic mass is 9.99. The van der Waals surface area contributed by atoms with E-state index in [0.717, 1.165) is 5.56 Å². The minimum absolute atomic E-state index is 0.257. The Morgan fingerprint density at radius 1 is 1.59 bits per heavy atom. The molecule has 0 atom stereocenters. The number of carboxylic acids is 1. The summed E-state index contributed by atoms with van der Waals surface area (Å²) in [5, 5.41) is 18.0. The van der Waals surface area contributed by atoms with E-state index in [1.54, 1.807) is 12.1 Å². The molecule has 0 aliphatic carbocycles. The second kappa shape index (κ2) is 4.74. The lowest BCUT2D eigenvalue weighted by Crippen LogP contribution is -2.49. The fourth-order valence-electron chi connectivity index (χ4n) is 1.84. The van der Waals surface area contributed by atoms with Crippen LogP contribution in [0.2, 0.25) is 5.02 Å². The van der Waals surface area contributed by atoms with Gasteiger partial charge in [-0.25, -0.2) is 0 Å². The van der Waals surface area contributed by atoms with Crippen molar-refractivity contribution in [3.63, 3.8) is 0 Å². The van der Waals surface area contributed by atoms with Crippen molar-refractivity contribution in [3.8, 4) is 6.07 Å². The summed E-state index contributed by atoms with van der Waals surface area (Å²) in [4.78, 5) is 12.7. The molecular formula is C12H11ClN2O2. The van der Waals surface area contributed by atoms with Gasteiger partial charge in [0.25, 0.3) is 0 Å². The van der Waals surface area contributed by atoms with Crippen LogP contribution < -0.4 is 0 Å². The minimum atomic E-state index is -0.743. The predicted molar refractivity (Wildman–Crippen MR) is 62.6 cm³/mol. The molecule has 17 heavy (non-hydrogen) atoms. The predicted octanol–water partition coefficient (Wildman–Crippen LogP) is 1.73. The van der Waals surface area contributed by atoms with Gasteiger partial charge >= 0.3 is 5.97 Å². The summed E-state index contributed by atoms with van der Waals surface area (Å²) in [6.07, 6.45) is 0. The summed E-state index contributed by atoms with van der Waals surface area (Å²) in [7, 11) is 0. The Balaban J connectivity index is 1.97. The topological polar surface area (TPSA) is 64.3 Å². The van der Waals surface area contributed by atoms with E-state index in [9.17, 15) is 4.79 Å². The van der Waals surface area contributed by atoms with Gasteiger partial charge in [-0.1, -0.05) is 17.7 Å². The average Bonchev–Trinajstić information content (AvgIpc) is 2.23. The molecule has 88 valence electrons. The van der Waals surface area contributed by atoms with E-state index >= 15 is 0 Å². The van der Waals surface area contributed by atoms with Crippen LogP contribution in [-0.4, -0.2) is 29.1 Å². The smallest absolute Gasteiger partial charge is 0.309 e. The van der Waals surface area contributed by atoms with Crippen LogP contribution in [0.25, 0.3) is 0 Å². The van der Waals surface area contributed by atoms with Crippen molar-refractivity contribution in [1.82, 2.24) is 4.90 Å². The van der Waals surface area contributed by atoms with Crippen LogP contribution >= 0.6 is 11.6 Å². The lowest BCUT2D eigenvalue weighted by molar-refractivity contribution is -0.147. The molecule has 1 aromatic rings. The standard InChI is InChI=1S/C12H11ClN2O2/c13-11-3-8(4-14)1-2-9(11)5-15-6-10(7-15)12(16)17/h1-3,10H,5-7H2,(H,16,17). The average molecular weight is 251 g/mol. The van der Waals surface area contributed by atoms with Crippen LogP contribution in [0.3, 0.4) is 0 Å². The molecule has 2 rings (SSSR count). The van der Waals surface area contributed by atoms with Gasteiger partial charge in [-0.3, -0.25) is 9.69 Å². The molecule has 5 heteroatoms. The first-order chi connectivity index (χ1) is 8.10. The van der Waals surface area contributed by atoms with Crippen molar-refractivity contribution in [2.75, 3.05) is 13.1 Å². The number of halogens is 1. The Hall–Kier alpha value is -1.57. The van der Waals surface area contributed by atoms with Crippen LogP contribution in [0.5, 0.6) is 0 Å². The van der Waals surface area contributed by atoms with Crippen LogP contribution in [0.4, 0.5) is 0 Å². The molecular weight excluding hydrogens is 240 g/mol. The third kappa shape index (κ3) is 2.57. The molecule has 1 aliphatic rings. The number of nitrogens with zero attached hydrogens (tertiary/aromatic N) is 2. The quantitative estimate of drug-likeness (QED) is 0.887. The van der Waals surface area contributed by atoms with E-state index in [0.29, 0.717) is 30.2 Å². The van der Waals surface area contributed by atoms with Crippen molar-refractivity contribution < 1.29 is 9.90 Å². The van der Waals surface area contributed by atoms with Crippen LogP contribution in [0, 0.1) is 17.2 Å². The highest BCUT2D eigenvalue weighted by molar-refractivity contribution is 6.31. The van der Waals surface area contributed by atoms with E-state index in [1.165, 1.54) is 0 Å². The number of hydrogen-bond donors (Lipinski definition) is 1. The van der Waals surface area contributed by atoms with Crippen molar-refractivity contribution >= 4 is 17.6 Å². The lowest BCUT2D eigenvalue weighted by Gasteiger charge is -2.36. The van der Waals surface area contributed by atoms with Gasteiger partial charge in [-0.05, 0) is 17.7 Å². The zero-order chi connectivity index (χ0) is 12.4. The SMILES string of the molecule is N#Cc1ccc(CN2CC(C(=O)O)C2)c(Cl)c1. The fourth-order valence-corrected chi connectivity index (χ4v) is 2.08. The summed E-state index contributed by atoms with van der Waals surface area (Å²) in [6, 6.07) is 7.19. The monoisotopic (exact) mass is 250 g/mol. The zero-order valence-corrected chi connectivity index (χ0v) is 9.81. The first-order valence-electron chi connectivity index (χ1n) is 5.24. The third-order valence-corrected chi connectivity index (χ3v) is 3.23. The molecule has 4 nitrogen and oxygen atoms in total. The number of hydrogen-bond acceptors (Lipinski definition) is 3. The van der Waals surface area contributed by atoms with Gasteiger partial charge in [0.1, 0.15) is 0 Å². The molecule has 0 unspecified atom stereocenters. The van der Waals surface area contributed by atoms with Gasteiger partial charge < -0.3 is 5.11 Å².